The lowest BCUT2D eigenvalue weighted by Gasteiger charge is -2.36. The molecule has 5 heteroatoms. The summed E-state index contributed by atoms with van der Waals surface area (Å²) in [4.78, 5) is 16.8. The predicted octanol–water partition coefficient (Wildman–Crippen LogP) is 2.87. The van der Waals surface area contributed by atoms with Crippen LogP contribution in [0.3, 0.4) is 0 Å². The molecule has 5 nitrogen and oxygen atoms in total. The van der Waals surface area contributed by atoms with Gasteiger partial charge in [-0.25, -0.2) is 0 Å². The number of hydrogen-bond acceptors (Lipinski definition) is 4. The lowest BCUT2D eigenvalue weighted by atomic mass is 10.1. The van der Waals surface area contributed by atoms with Gasteiger partial charge < -0.3 is 9.80 Å². The molecule has 0 radical (unpaired) electrons. The normalized spacial score (nSPS) is 15.0. The highest BCUT2D eigenvalue weighted by Crippen LogP contribution is 2.18. The van der Waals surface area contributed by atoms with Gasteiger partial charge in [0.25, 0.3) is 5.91 Å². The zero-order valence-electron chi connectivity index (χ0n) is 14.6. The van der Waals surface area contributed by atoms with Gasteiger partial charge in [-0.2, -0.15) is 5.10 Å². The summed E-state index contributed by atoms with van der Waals surface area (Å²) in [7, 11) is 0. The van der Waals surface area contributed by atoms with Crippen LogP contribution in [-0.4, -0.2) is 47.2 Å². The van der Waals surface area contributed by atoms with E-state index in [1.165, 1.54) is 11.3 Å². The number of nitrogens with zero attached hydrogens (tertiary/aromatic N) is 4. The number of amides is 1. The molecular weight excluding hydrogens is 300 g/mol. The van der Waals surface area contributed by atoms with Crippen LogP contribution in [0.4, 0.5) is 5.69 Å². The van der Waals surface area contributed by atoms with E-state index in [0.717, 1.165) is 18.8 Å². The van der Waals surface area contributed by atoms with Gasteiger partial charge in [-0.3, -0.25) is 4.79 Å². The molecule has 0 bridgehead atoms. The average Bonchev–Trinajstić information content (AvgIpc) is 2.61. The summed E-state index contributed by atoms with van der Waals surface area (Å²) < 4.78 is 0. The number of carbonyl (C=O) groups is 1. The molecule has 3 rings (SSSR count). The third kappa shape index (κ3) is 3.55. The molecule has 0 atom stereocenters. The highest BCUT2D eigenvalue weighted by Gasteiger charge is 2.23. The maximum atomic E-state index is 12.6. The maximum absolute atomic E-state index is 12.6. The topological polar surface area (TPSA) is 49.3 Å². The minimum Gasteiger partial charge on any atom is -0.368 e. The lowest BCUT2D eigenvalue weighted by Crippen LogP contribution is -2.49. The van der Waals surface area contributed by atoms with Gasteiger partial charge >= 0.3 is 0 Å². The summed E-state index contributed by atoms with van der Waals surface area (Å²) in [6.45, 7) is 9.33. The number of aryl methyl sites for hydroxylation is 1. The van der Waals surface area contributed by atoms with Crippen LogP contribution in [0.1, 0.15) is 41.5 Å². The highest BCUT2D eigenvalue weighted by atomic mass is 16.2. The van der Waals surface area contributed by atoms with Crippen molar-refractivity contribution in [3.63, 3.8) is 0 Å². The Kier molecular flexibility index (Phi) is 4.79. The zero-order chi connectivity index (χ0) is 17.1. The molecule has 0 N–H and O–H groups in total. The van der Waals surface area contributed by atoms with E-state index >= 15 is 0 Å². The Labute approximate surface area is 143 Å². The van der Waals surface area contributed by atoms with Crippen LogP contribution in [0.2, 0.25) is 0 Å². The van der Waals surface area contributed by atoms with Crippen LogP contribution < -0.4 is 4.90 Å². The van der Waals surface area contributed by atoms with Crippen molar-refractivity contribution in [1.29, 1.82) is 0 Å². The molecule has 1 aliphatic heterocycles. The van der Waals surface area contributed by atoms with Gasteiger partial charge in [0.2, 0.25) is 0 Å². The Morgan fingerprint density at radius 2 is 1.79 bits per heavy atom. The molecule has 0 unspecified atom stereocenters. The fourth-order valence-electron chi connectivity index (χ4n) is 2.92. The van der Waals surface area contributed by atoms with Gasteiger partial charge in [0.15, 0.2) is 5.69 Å². The molecule has 1 aromatic heterocycles. The van der Waals surface area contributed by atoms with Crippen LogP contribution in [0.15, 0.2) is 36.4 Å². The van der Waals surface area contributed by atoms with Gasteiger partial charge in [-0.1, -0.05) is 26.0 Å². The minimum absolute atomic E-state index is 0.0262. The summed E-state index contributed by atoms with van der Waals surface area (Å²) in [6, 6.07) is 12.2. The van der Waals surface area contributed by atoms with E-state index in [0.29, 0.717) is 24.7 Å². The van der Waals surface area contributed by atoms with Crippen molar-refractivity contribution in [2.75, 3.05) is 31.1 Å². The van der Waals surface area contributed by atoms with E-state index < -0.39 is 0 Å². The Balaban J connectivity index is 1.62. The lowest BCUT2D eigenvalue weighted by molar-refractivity contribution is 0.0739. The molecule has 24 heavy (non-hydrogen) atoms. The van der Waals surface area contributed by atoms with Crippen molar-refractivity contribution in [3.8, 4) is 0 Å². The predicted molar refractivity (Wildman–Crippen MR) is 95.4 cm³/mol. The van der Waals surface area contributed by atoms with Crippen LogP contribution in [0.25, 0.3) is 0 Å². The van der Waals surface area contributed by atoms with Crippen LogP contribution in [0, 0.1) is 6.92 Å². The molecule has 126 valence electrons. The average molecular weight is 324 g/mol. The fraction of sp³-hybridized carbons (Fsp3) is 0.421. The Morgan fingerprint density at radius 3 is 2.38 bits per heavy atom. The van der Waals surface area contributed by atoms with Crippen LogP contribution in [0.5, 0.6) is 0 Å². The summed E-state index contributed by atoms with van der Waals surface area (Å²) in [5, 5.41) is 8.27. The standard InChI is InChI=1S/C19H24N4O/c1-14(2)17-7-8-18(21-20-17)19(24)23-11-9-22(10-12-23)16-6-4-5-15(3)13-16/h4-8,13-14H,9-12H2,1-3H3. The number of aromatic nitrogens is 2. The summed E-state index contributed by atoms with van der Waals surface area (Å²) in [6.07, 6.45) is 0. The summed E-state index contributed by atoms with van der Waals surface area (Å²) in [5.74, 6) is 0.293. The number of carbonyl (C=O) groups excluding carboxylic acids is 1. The first kappa shape index (κ1) is 16.4. The van der Waals surface area contributed by atoms with Crippen molar-refractivity contribution in [2.24, 2.45) is 0 Å². The number of piperazine rings is 1. The molecule has 1 aromatic carbocycles. The molecule has 0 saturated carbocycles. The van der Waals surface area contributed by atoms with E-state index in [9.17, 15) is 4.79 Å². The van der Waals surface area contributed by atoms with E-state index in [4.69, 9.17) is 0 Å². The van der Waals surface area contributed by atoms with E-state index in [-0.39, 0.29) is 5.91 Å². The molecule has 2 aromatic rings. The van der Waals surface area contributed by atoms with Gasteiger partial charge in [-0.05, 0) is 42.7 Å². The third-order valence-corrected chi connectivity index (χ3v) is 4.43. The minimum atomic E-state index is -0.0262. The quantitative estimate of drug-likeness (QED) is 0.871. The largest absolute Gasteiger partial charge is 0.368 e. The second-order valence-electron chi connectivity index (χ2n) is 6.62. The molecule has 1 aliphatic rings. The van der Waals surface area contributed by atoms with Crippen molar-refractivity contribution < 1.29 is 4.79 Å². The molecule has 1 saturated heterocycles. The van der Waals surface area contributed by atoms with E-state index in [2.05, 4.69) is 60.1 Å². The summed E-state index contributed by atoms with van der Waals surface area (Å²) in [5.41, 5.74) is 3.83. The maximum Gasteiger partial charge on any atom is 0.274 e. The molecule has 0 aliphatic carbocycles. The first-order valence-corrected chi connectivity index (χ1v) is 8.49. The number of benzene rings is 1. The van der Waals surface area contributed by atoms with Crippen molar-refractivity contribution in [3.05, 3.63) is 53.3 Å². The third-order valence-electron chi connectivity index (χ3n) is 4.43. The molecular formula is C19H24N4O. The van der Waals surface area contributed by atoms with Crippen LogP contribution >= 0.6 is 0 Å². The second kappa shape index (κ2) is 6.99. The molecule has 1 fully saturated rings. The molecule has 1 amide bonds. The monoisotopic (exact) mass is 324 g/mol. The number of hydrogen-bond donors (Lipinski definition) is 0. The number of anilines is 1. The summed E-state index contributed by atoms with van der Waals surface area (Å²) >= 11 is 0. The van der Waals surface area contributed by atoms with Crippen molar-refractivity contribution in [2.45, 2.75) is 26.7 Å². The van der Waals surface area contributed by atoms with Crippen molar-refractivity contribution >= 4 is 11.6 Å². The zero-order valence-corrected chi connectivity index (χ0v) is 14.6. The second-order valence-corrected chi connectivity index (χ2v) is 6.62. The fourth-order valence-corrected chi connectivity index (χ4v) is 2.92. The Bertz CT molecular complexity index is 704. The Morgan fingerprint density at radius 1 is 1.04 bits per heavy atom. The van der Waals surface area contributed by atoms with Crippen LogP contribution in [-0.2, 0) is 0 Å². The molecule has 0 spiro atoms. The smallest absolute Gasteiger partial charge is 0.274 e. The first-order chi connectivity index (χ1) is 11.5. The van der Waals surface area contributed by atoms with Gasteiger partial charge in [0, 0.05) is 31.9 Å². The van der Waals surface area contributed by atoms with Gasteiger partial charge in [-0.15, -0.1) is 5.10 Å². The highest BCUT2D eigenvalue weighted by molar-refractivity contribution is 5.92. The first-order valence-electron chi connectivity index (χ1n) is 8.49. The van der Waals surface area contributed by atoms with E-state index in [1.807, 2.05) is 11.0 Å². The number of rotatable bonds is 3. The molecule has 2 heterocycles. The Hall–Kier alpha value is -2.43. The van der Waals surface area contributed by atoms with E-state index in [1.54, 1.807) is 6.07 Å². The van der Waals surface area contributed by atoms with Gasteiger partial charge in [0.05, 0.1) is 5.69 Å². The van der Waals surface area contributed by atoms with Crippen molar-refractivity contribution in [1.82, 2.24) is 15.1 Å². The SMILES string of the molecule is Cc1cccc(N2CCN(C(=O)c3ccc(C(C)C)nn3)CC2)c1. The van der Waals surface area contributed by atoms with Gasteiger partial charge in [0.1, 0.15) is 0 Å².